The number of rotatable bonds is 2. The summed E-state index contributed by atoms with van der Waals surface area (Å²) in [5.74, 6) is -0.252. The Morgan fingerprint density at radius 1 is 1.07 bits per heavy atom. The van der Waals surface area contributed by atoms with Gasteiger partial charge in [-0.1, -0.05) is 24.3 Å². The third-order valence-electron chi connectivity index (χ3n) is 4.95. The van der Waals surface area contributed by atoms with Gasteiger partial charge in [-0.2, -0.15) is 5.10 Å². The Bertz CT molecular complexity index is 1030. The highest BCUT2D eigenvalue weighted by Gasteiger charge is 2.27. The van der Waals surface area contributed by atoms with Gasteiger partial charge in [0, 0.05) is 43.5 Å². The van der Waals surface area contributed by atoms with E-state index in [1.165, 1.54) is 6.07 Å². The molecule has 0 radical (unpaired) electrons. The lowest BCUT2D eigenvalue weighted by atomic mass is 10.1. The van der Waals surface area contributed by atoms with Gasteiger partial charge in [-0.05, 0) is 32.9 Å². The summed E-state index contributed by atoms with van der Waals surface area (Å²) in [6, 6.07) is 10.6. The van der Waals surface area contributed by atoms with Crippen LogP contribution in [0.25, 0.3) is 16.6 Å². The molecule has 0 unspecified atom stereocenters. The molecule has 1 aromatic carbocycles. The van der Waals surface area contributed by atoms with Gasteiger partial charge in [-0.3, -0.25) is 0 Å². The molecule has 1 aliphatic heterocycles. The Morgan fingerprint density at radius 3 is 2.48 bits per heavy atom. The van der Waals surface area contributed by atoms with Gasteiger partial charge < -0.3 is 14.5 Å². The van der Waals surface area contributed by atoms with E-state index in [1.54, 1.807) is 21.5 Å². The molecule has 29 heavy (non-hydrogen) atoms. The zero-order chi connectivity index (χ0) is 20.6. The maximum atomic E-state index is 14.1. The number of benzene rings is 1. The lowest BCUT2D eigenvalue weighted by molar-refractivity contribution is 0.0240. The van der Waals surface area contributed by atoms with Crippen LogP contribution >= 0.6 is 0 Å². The summed E-state index contributed by atoms with van der Waals surface area (Å²) in [6.07, 6.45) is 3.39. The maximum Gasteiger partial charge on any atom is 0.410 e. The number of nitrogens with zero attached hydrogens (tertiary/aromatic N) is 4. The van der Waals surface area contributed by atoms with E-state index in [0.717, 1.165) is 16.8 Å². The van der Waals surface area contributed by atoms with Crippen LogP contribution in [-0.2, 0) is 4.74 Å². The summed E-state index contributed by atoms with van der Waals surface area (Å²) in [5.41, 5.74) is 2.80. The van der Waals surface area contributed by atoms with E-state index >= 15 is 0 Å². The van der Waals surface area contributed by atoms with E-state index in [1.807, 2.05) is 51.4 Å². The van der Waals surface area contributed by atoms with Gasteiger partial charge in [-0.25, -0.2) is 13.7 Å². The molecular weight excluding hydrogens is 371 g/mol. The molecule has 0 saturated carbocycles. The zero-order valence-corrected chi connectivity index (χ0v) is 16.9. The maximum absolute atomic E-state index is 14.1. The summed E-state index contributed by atoms with van der Waals surface area (Å²) in [6.45, 7) is 8.21. The molecule has 2 aromatic heterocycles. The monoisotopic (exact) mass is 396 g/mol. The van der Waals surface area contributed by atoms with E-state index in [0.29, 0.717) is 31.7 Å². The van der Waals surface area contributed by atoms with Crippen molar-refractivity contribution < 1.29 is 13.9 Å². The smallest absolute Gasteiger partial charge is 0.410 e. The van der Waals surface area contributed by atoms with Gasteiger partial charge in [0.05, 0.1) is 17.4 Å². The Morgan fingerprint density at radius 2 is 1.79 bits per heavy atom. The van der Waals surface area contributed by atoms with Crippen LogP contribution in [0, 0.1) is 5.82 Å². The number of carbonyl (C=O) groups is 1. The molecule has 1 amide bonds. The minimum atomic E-state index is -0.493. The lowest BCUT2D eigenvalue weighted by Crippen LogP contribution is -2.50. The number of anilines is 1. The molecular formula is C22H25FN4O2. The van der Waals surface area contributed by atoms with Crippen LogP contribution in [-0.4, -0.2) is 52.4 Å². The molecule has 1 saturated heterocycles. The number of ether oxygens (including phenoxy) is 1. The number of pyridine rings is 1. The van der Waals surface area contributed by atoms with Gasteiger partial charge in [0.25, 0.3) is 0 Å². The highest BCUT2D eigenvalue weighted by molar-refractivity contribution is 5.76. The first-order chi connectivity index (χ1) is 13.8. The molecule has 4 rings (SSSR count). The number of piperazine rings is 1. The third kappa shape index (κ3) is 4.04. The van der Waals surface area contributed by atoms with Crippen LogP contribution in [0.15, 0.2) is 48.8 Å². The largest absolute Gasteiger partial charge is 0.444 e. The molecule has 3 heterocycles. The second-order valence-corrected chi connectivity index (χ2v) is 8.21. The van der Waals surface area contributed by atoms with E-state index in [-0.39, 0.29) is 11.9 Å². The van der Waals surface area contributed by atoms with Crippen LogP contribution < -0.4 is 4.90 Å². The van der Waals surface area contributed by atoms with E-state index in [9.17, 15) is 9.18 Å². The van der Waals surface area contributed by atoms with Crippen LogP contribution in [0.5, 0.6) is 0 Å². The molecule has 3 aromatic rings. The minimum absolute atomic E-state index is 0.252. The molecule has 7 heteroatoms. The highest BCUT2D eigenvalue weighted by atomic mass is 19.1. The minimum Gasteiger partial charge on any atom is -0.444 e. The summed E-state index contributed by atoms with van der Waals surface area (Å²) in [7, 11) is 0. The molecule has 1 fully saturated rings. The number of carbonyl (C=O) groups excluding carboxylic acids is 1. The van der Waals surface area contributed by atoms with Gasteiger partial charge >= 0.3 is 6.09 Å². The quantitative estimate of drug-likeness (QED) is 0.652. The van der Waals surface area contributed by atoms with Gasteiger partial charge in [-0.15, -0.1) is 0 Å². The Labute approximate surface area is 169 Å². The normalized spacial score (nSPS) is 15.0. The van der Waals surface area contributed by atoms with Crippen LogP contribution in [0.3, 0.4) is 0 Å². The van der Waals surface area contributed by atoms with Crippen LogP contribution in [0.4, 0.5) is 14.9 Å². The average molecular weight is 396 g/mol. The first-order valence-electron chi connectivity index (χ1n) is 9.77. The van der Waals surface area contributed by atoms with Crippen molar-refractivity contribution in [3.8, 4) is 11.1 Å². The standard InChI is InChI=1S/C22H25FN4O2/c1-22(2,3)29-21(28)26-12-10-25(11-13-26)20-14-24-27-15-16(8-9-19(20)27)17-6-4-5-7-18(17)23/h4-9,14-15H,10-13H2,1-3H3. The van der Waals surface area contributed by atoms with Crippen molar-refractivity contribution in [2.45, 2.75) is 26.4 Å². The van der Waals surface area contributed by atoms with Crippen molar-refractivity contribution >= 4 is 17.3 Å². The molecule has 0 bridgehead atoms. The number of hydrogen-bond acceptors (Lipinski definition) is 4. The molecule has 0 spiro atoms. The van der Waals surface area contributed by atoms with Gasteiger partial charge in [0.2, 0.25) is 0 Å². The number of fused-ring (bicyclic) bond motifs is 1. The van der Waals surface area contributed by atoms with E-state index in [4.69, 9.17) is 4.74 Å². The second-order valence-electron chi connectivity index (χ2n) is 8.21. The Hall–Kier alpha value is -3.09. The second kappa shape index (κ2) is 7.39. The fourth-order valence-corrected chi connectivity index (χ4v) is 3.53. The van der Waals surface area contributed by atoms with Crippen molar-refractivity contribution in [2.75, 3.05) is 31.1 Å². The SMILES string of the molecule is CC(C)(C)OC(=O)N1CCN(c2cnn3cc(-c4ccccc4F)ccc23)CC1. The number of amides is 1. The Kier molecular flexibility index (Phi) is 4.90. The predicted molar refractivity (Wildman–Crippen MR) is 111 cm³/mol. The molecule has 6 nitrogen and oxygen atoms in total. The number of hydrogen-bond donors (Lipinski definition) is 0. The third-order valence-corrected chi connectivity index (χ3v) is 4.95. The average Bonchev–Trinajstić information content (AvgIpc) is 3.10. The van der Waals surface area contributed by atoms with Gasteiger partial charge in [0.15, 0.2) is 0 Å². The summed E-state index contributed by atoms with van der Waals surface area (Å²) < 4.78 is 21.3. The van der Waals surface area contributed by atoms with Crippen molar-refractivity contribution in [1.82, 2.24) is 14.5 Å². The fraction of sp³-hybridized carbons (Fsp3) is 0.364. The Balaban J connectivity index is 1.50. The van der Waals surface area contributed by atoms with Crippen molar-refractivity contribution in [2.24, 2.45) is 0 Å². The van der Waals surface area contributed by atoms with Crippen molar-refractivity contribution in [3.05, 3.63) is 54.6 Å². The van der Waals surface area contributed by atoms with Crippen LogP contribution in [0.1, 0.15) is 20.8 Å². The number of halogens is 1. The fourth-order valence-electron chi connectivity index (χ4n) is 3.53. The lowest BCUT2D eigenvalue weighted by Gasteiger charge is -2.36. The molecule has 1 aliphatic rings. The van der Waals surface area contributed by atoms with Crippen molar-refractivity contribution in [3.63, 3.8) is 0 Å². The van der Waals surface area contributed by atoms with E-state index < -0.39 is 5.60 Å². The van der Waals surface area contributed by atoms with Crippen molar-refractivity contribution in [1.29, 1.82) is 0 Å². The van der Waals surface area contributed by atoms with E-state index in [2.05, 4.69) is 10.00 Å². The molecule has 0 atom stereocenters. The molecule has 0 aliphatic carbocycles. The van der Waals surface area contributed by atoms with Gasteiger partial charge in [0.1, 0.15) is 11.4 Å². The number of aromatic nitrogens is 2. The topological polar surface area (TPSA) is 50.1 Å². The first kappa shape index (κ1) is 19.2. The first-order valence-corrected chi connectivity index (χ1v) is 9.77. The summed E-state index contributed by atoms with van der Waals surface area (Å²) >= 11 is 0. The summed E-state index contributed by atoms with van der Waals surface area (Å²) in [5, 5.41) is 4.46. The molecule has 0 N–H and O–H groups in total. The highest BCUT2D eigenvalue weighted by Crippen LogP contribution is 2.27. The van der Waals surface area contributed by atoms with Crippen LogP contribution in [0.2, 0.25) is 0 Å². The summed E-state index contributed by atoms with van der Waals surface area (Å²) in [4.78, 5) is 16.2. The zero-order valence-electron chi connectivity index (χ0n) is 16.9. The molecule has 152 valence electrons. The predicted octanol–water partition coefficient (Wildman–Crippen LogP) is 4.20.